The summed E-state index contributed by atoms with van der Waals surface area (Å²) in [4.78, 5) is 48.4. The Balaban J connectivity index is 0.000000157. The van der Waals surface area contributed by atoms with E-state index in [0.29, 0.717) is 49.4 Å². The van der Waals surface area contributed by atoms with Gasteiger partial charge in [-0.25, -0.2) is 0 Å². The molecule has 8 nitrogen and oxygen atoms in total. The van der Waals surface area contributed by atoms with Gasteiger partial charge < -0.3 is 20.4 Å². The number of hydrogen-bond donors (Lipinski definition) is 4. The maximum absolute atomic E-state index is 12.3. The van der Waals surface area contributed by atoms with E-state index in [-0.39, 0.29) is 81.7 Å². The summed E-state index contributed by atoms with van der Waals surface area (Å²) >= 11 is 0. The second-order valence-corrected chi connectivity index (χ2v) is 18.8. The van der Waals surface area contributed by atoms with E-state index in [1.165, 1.54) is 11.1 Å². The molecule has 0 radical (unpaired) electrons. The number of allylic oxidation sites excluding steroid dienone is 2. The van der Waals surface area contributed by atoms with Crippen LogP contribution in [0, 0.1) is 69.0 Å². The first-order valence-electron chi connectivity index (χ1n) is 19.7. The van der Waals surface area contributed by atoms with E-state index in [0.717, 1.165) is 64.2 Å². The third-order valence-corrected chi connectivity index (χ3v) is 16.9. The molecular weight excluding hydrogens is 632 g/mol. The minimum atomic E-state index is -0.430. The summed E-state index contributed by atoms with van der Waals surface area (Å²) < 4.78 is 0. The molecule has 14 unspecified atom stereocenters. The van der Waals surface area contributed by atoms with Crippen molar-refractivity contribution in [1.82, 2.24) is 0 Å². The molecule has 0 spiro atoms. The van der Waals surface area contributed by atoms with Crippen LogP contribution in [0.4, 0.5) is 0 Å². The Morgan fingerprint density at radius 1 is 0.620 bits per heavy atom. The van der Waals surface area contributed by atoms with Crippen LogP contribution in [0.5, 0.6) is 0 Å². The van der Waals surface area contributed by atoms with E-state index < -0.39 is 12.2 Å². The van der Waals surface area contributed by atoms with E-state index >= 15 is 0 Å². The van der Waals surface area contributed by atoms with Crippen molar-refractivity contribution in [2.45, 2.75) is 130 Å². The number of fused-ring (bicyclic) bond motifs is 10. The number of carbonyl (C=O) groups excluding carboxylic acids is 4. The average Bonchev–Trinajstić information content (AvgIpc) is 3.60. The molecule has 8 rings (SSSR count). The maximum atomic E-state index is 12.3. The molecule has 0 amide bonds. The van der Waals surface area contributed by atoms with Crippen LogP contribution in [0.3, 0.4) is 0 Å². The average molecular weight is 693 g/mol. The van der Waals surface area contributed by atoms with Crippen LogP contribution in [-0.2, 0) is 19.2 Å². The number of ketones is 4. The summed E-state index contributed by atoms with van der Waals surface area (Å²) in [5, 5.41) is 41.1. The van der Waals surface area contributed by atoms with Gasteiger partial charge in [0.15, 0.2) is 23.1 Å². The maximum Gasteiger partial charge on any atom is 0.161 e. The SMILES string of the molecule is CC12CCC(=O)C=C1CCC1C2C(O)CC2(C)C(C(=O)CO)CCC12.CC12CCC(=O)C=C1CCC1C2C(O)CC2(C)C(C(=O)CO)CCC12. The van der Waals surface area contributed by atoms with Crippen LogP contribution < -0.4 is 0 Å². The minimum Gasteiger partial charge on any atom is -0.393 e. The van der Waals surface area contributed by atoms with Crippen LogP contribution in [0.2, 0.25) is 0 Å². The molecule has 8 heteroatoms. The van der Waals surface area contributed by atoms with Crippen LogP contribution >= 0.6 is 0 Å². The number of aliphatic hydroxyl groups excluding tert-OH is 4. The first kappa shape index (κ1) is 36.4. The molecule has 8 aliphatic carbocycles. The summed E-state index contributed by atoms with van der Waals surface area (Å²) in [6, 6.07) is 0. The van der Waals surface area contributed by atoms with Crippen molar-refractivity contribution in [3.8, 4) is 0 Å². The Morgan fingerprint density at radius 3 is 1.36 bits per heavy atom. The van der Waals surface area contributed by atoms with Gasteiger partial charge in [-0.1, -0.05) is 38.8 Å². The van der Waals surface area contributed by atoms with Crippen molar-refractivity contribution in [1.29, 1.82) is 0 Å². The summed E-state index contributed by atoms with van der Waals surface area (Å²) in [6.45, 7) is 8.06. The molecule has 0 heterocycles. The molecule has 14 atom stereocenters. The quantitative estimate of drug-likeness (QED) is 0.309. The molecule has 6 saturated carbocycles. The van der Waals surface area contributed by atoms with Crippen LogP contribution in [0.25, 0.3) is 0 Å². The highest BCUT2D eigenvalue weighted by Gasteiger charge is 2.64. The van der Waals surface area contributed by atoms with Crippen molar-refractivity contribution in [2.75, 3.05) is 13.2 Å². The van der Waals surface area contributed by atoms with Gasteiger partial charge in [-0.3, -0.25) is 19.2 Å². The molecular formula is C42H60O8. The zero-order valence-electron chi connectivity index (χ0n) is 30.7. The van der Waals surface area contributed by atoms with Crippen molar-refractivity contribution < 1.29 is 39.6 Å². The zero-order valence-corrected chi connectivity index (χ0v) is 30.7. The molecule has 0 aliphatic heterocycles. The standard InChI is InChI=1S/2C21H30O4/c2*1-20-8-7-13(23)9-12(20)3-4-14-15-5-6-16(18(25)11-22)21(15,2)10-17(24)19(14)20/h2*9,14-17,19,22,24H,3-8,10-11H2,1-2H3. The highest BCUT2D eigenvalue weighted by molar-refractivity contribution is 5.92. The highest BCUT2D eigenvalue weighted by atomic mass is 16.3. The predicted octanol–water partition coefficient (Wildman–Crippen LogP) is 5.33. The van der Waals surface area contributed by atoms with Gasteiger partial charge in [-0.2, -0.15) is 0 Å². The topological polar surface area (TPSA) is 149 Å². The van der Waals surface area contributed by atoms with Crippen molar-refractivity contribution in [3.05, 3.63) is 23.3 Å². The normalized spacial score (nSPS) is 49.0. The van der Waals surface area contributed by atoms with Crippen LogP contribution in [0.15, 0.2) is 23.3 Å². The number of Topliss-reactive ketones (excluding diaryl/α,β-unsaturated/α-hetero) is 2. The second-order valence-electron chi connectivity index (χ2n) is 18.8. The van der Waals surface area contributed by atoms with Gasteiger partial charge >= 0.3 is 0 Å². The van der Waals surface area contributed by atoms with E-state index in [1.54, 1.807) is 0 Å². The third kappa shape index (κ3) is 5.35. The van der Waals surface area contributed by atoms with E-state index in [4.69, 9.17) is 0 Å². The number of carbonyl (C=O) groups is 4. The summed E-state index contributed by atoms with van der Waals surface area (Å²) in [6.07, 6.45) is 14.6. The molecule has 0 aromatic carbocycles. The molecule has 0 aromatic rings. The van der Waals surface area contributed by atoms with E-state index in [9.17, 15) is 39.6 Å². The van der Waals surface area contributed by atoms with Gasteiger partial charge in [0.2, 0.25) is 0 Å². The largest absolute Gasteiger partial charge is 0.393 e. The second kappa shape index (κ2) is 12.8. The Labute approximate surface area is 297 Å². The Bertz CT molecular complexity index is 1390. The first-order chi connectivity index (χ1) is 23.6. The number of hydrogen-bond acceptors (Lipinski definition) is 8. The number of rotatable bonds is 4. The fourth-order valence-corrected chi connectivity index (χ4v) is 14.7. The molecule has 0 saturated heterocycles. The van der Waals surface area contributed by atoms with Gasteiger partial charge in [0, 0.05) is 24.7 Å². The molecule has 276 valence electrons. The van der Waals surface area contributed by atoms with Gasteiger partial charge in [-0.15, -0.1) is 0 Å². The fraction of sp³-hybridized carbons (Fsp3) is 0.810. The van der Waals surface area contributed by atoms with E-state index in [1.807, 2.05) is 12.2 Å². The van der Waals surface area contributed by atoms with Crippen molar-refractivity contribution in [3.63, 3.8) is 0 Å². The zero-order chi connectivity index (χ0) is 36.0. The van der Waals surface area contributed by atoms with Crippen LogP contribution in [0.1, 0.15) is 118 Å². The minimum absolute atomic E-state index is 0.0541. The Kier molecular flexibility index (Phi) is 9.34. The predicted molar refractivity (Wildman–Crippen MR) is 187 cm³/mol. The lowest BCUT2D eigenvalue weighted by atomic mass is 9.46. The molecule has 0 bridgehead atoms. The van der Waals surface area contributed by atoms with Crippen molar-refractivity contribution >= 4 is 23.1 Å². The van der Waals surface area contributed by atoms with E-state index in [2.05, 4.69) is 27.7 Å². The molecule has 50 heavy (non-hydrogen) atoms. The Morgan fingerprint density at radius 2 is 1.00 bits per heavy atom. The van der Waals surface area contributed by atoms with Crippen LogP contribution in [-0.4, -0.2) is 69.0 Å². The summed E-state index contributed by atoms with van der Waals surface area (Å²) in [5.74, 6) is 2.24. The highest BCUT2D eigenvalue weighted by Crippen LogP contribution is 2.68. The molecule has 6 fully saturated rings. The fourth-order valence-electron chi connectivity index (χ4n) is 14.7. The van der Waals surface area contributed by atoms with Gasteiger partial charge in [0.05, 0.1) is 12.2 Å². The molecule has 8 aliphatic rings. The lowest BCUT2D eigenvalue weighted by molar-refractivity contribution is -0.146. The molecule has 0 aromatic heterocycles. The van der Waals surface area contributed by atoms with Gasteiger partial charge in [0.1, 0.15) is 13.2 Å². The number of aliphatic hydroxyl groups is 4. The van der Waals surface area contributed by atoms with Gasteiger partial charge in [-0.05, 0) is 146 Å². The first-order valence-corrected chi connectivity index (χ1v) is 19.7. The smallest absolute Gasteiger partial charge is 0.161 e. The summed E-state index contributed by atoms with van der Waals surface area (Å²) in [7, 11) is 0. The lowest BCUT2D eigenvalue weighted by Gasteiger charge is -2.59. The Hall–Kier alpha value is -2.00. The lowest BCUT2D eigenvalue weighted by Crippen LogP contribution is -2.57. The molecule has 4 N–H and O–H groups in total. The summed E-state index contributed by atoms with van der Waals surface area (Å²) in [5.41, 5.74) is 1.96. The van der Waals surface area contributed by atoms with Crippen molar-refractivity contribution in [2.24, 2.45) is 69.0 Å². The van der Waals surface area contributed by atoms with Gasteiger partial charge in [0.25, 0.3) is 0 Å². The monoisotopic (exact) mass is 692 g/mol. The third-order valence-electron chi connectivity index (χ3n) is 16.9.